The van der Waals surface area contributed by atoms with Gasteiger partial charge in [0.15, 0.2) is 5.16 Å². The number of anilines is 1. The van der Waals surface area contributed by atoms with Crippen LogP contribution < -0.4 is 10.5 Å². The lowest BCUT2D eigenvalue weighted by Gasteiger charge is -2.08. The molecule has 2 aromatic heterocycles. The van der Waals surface area contributed by atoms with E-state index in [0.29, 0.717) is 23.3 Å². The van der Waals surface area contributed by atoms with Gasteiger partial charge in [0, 0.05) is 6.07 Å². The van der Waals surface area contributed by atoms with Crippen LogP contribution in [0.15, 0.2) is 23.5 Å². The molecule has 0 spiro atoms. The number of carboxylic acids is 1. The smallest absolute Gasteiger partial charge is 0.313 e. The van der Waals surface area contributed by atoms with Gasteiger partial charge in [-0.3, -0.25) is 9.36 Å². The molecule has 106 valence electrons. The zero-order valence-corrected chi connectivity index (χ0v) is 11.5. The third-order valence-corrected chi connectivity index (χ3v) is 3.17. The number of nitrogens with zero attached hydrogens (tertiary/aromatic N) is 4. The van der Waals surface area contributed by atoms with Gasteiger partial charge in [-0.15, -0.1) is 10.2 Å². The lowest BCUT2D eigenvalue weighted by atomic mass is 10.4. The molecule has 0 amide bonds. The van der Waals surface area contributed by atoms with Crippen molar-refractivity contribution in [2.45, 2.75) is 12.1 Å². The first-order valence-electron chi connectivity index (χ1n) is 5.76. The Hall–Kier alpha value is -2.29. The fourth-order valence-electron chi connectivity index (χ4n) is 1.48. The molecular formula is C11H13N5O3S. The summed E-state index contributed by atoms with van der Waals surface area (Å²) in [5.74, 6) is -0.387. The molecule has 0 unspecified atom stereocenters. The molecule has 2 aromatic rings. The second kappa shape index (κ2) is 6.24. The fourth-order valence-corrected chi connectivity index (χ4v) is 2.16. The first-order valence-corrected chi connectivity index (χ1v) is 6.75. The van der Waals surface area contributed by atoms with E-state index in [2.05, 4.69) is 15.2 Å². The van der Waals surface area contributed by atoms with Crippen LogP contribution in [-0.4, -0.2) is 43.2 Å². The number of hydrogen-bond donors (Lipinski definition) is 2. The number of aliphatic carboxylic acids is 1. The van der Waals surface area contributed by atoms with Crippen molar-refractivity contribution in [3.05, 3.63) is 18.3 Å². The molecule has 0 aliphatic rings. The van der Waals surface area contributed by atoms with E-state index in [0.717, 1.165) is 11.8 Å². The third kappa shape index (κ3) is 3.18. The van der Waals surface area contributed by atoms with E-state index in [-0.39, 0.29) is 11.7 Å². The number of ether oxygens (including phenoxy) is 1. The second-order valence-corrected chi connectivity index (χ2v) is 4.59. The maximum Gasteiger partial charge on any atom is 0.313 e. The summed E-state index contributed by atoms with van der Waals surface area (Å²) in [6, 6.07) is 3.45. The van der Waals surface area contributed by atoms with Crippen LogP contribution in [0.25, 0.3) is 5.69 Å². The van der Waals surface area contributed by atoms with Crippen LogP contribution in [-0.2, 0) is 4.79 Å². The lowest BCUT2D eigenvalue weighted by molar-refractivity contribution is -0.133. The minimum Gasteiger partial charge on any atom is -0.481 e. The van der Waals surface area contributed by atoms with Crippen LogP contribution in [0.3, 0.4) is 0 Å². The van der Waals surface area contributed by atoms with Crippen LogP contribution in [0.5, 0.6) is 5.88 Å². The molecule has 0 atom stereocenters. The van der Waals surface area contributed by atoms with Crippen molar-refractivity contribution < 1.29 is 14.6 Å². The van der Waals surface area contributed by atoms with E-state index in [9.17, 15) is 4.79 Å². The Labute approximate surface area is 119 Å². The maximum atomic E-state index is 10.6. The molecule has 0 fully saturated rings. The zero-order chi connectivity index (χ0) is 14.5. The molecule has 0 saturated heterocycles. The van der Waals surface area contributed by atoms with E-state index in [1.807, 2.05) is 6.92 Å². The number of nitrogens with two attached hydrogens (primary N) is 1. The minimum absolute atomic E-state index is 0.122. The molecule has 3 N–H and O–H groups in total. The SMILES string of the molecule is CCOc1ccc(-n2c(N)nnc2SCC(=O)O)cn1. The molecule has 0 saturated carbocycles. The van der Waals surface area contributed by atoms with E-state index in [1.165, 1.54) is 4.57 Å². The molecule has 9 heteroatoms. The predicted molar refractivity (Wildman–Crippen MR) is 73.1 cm³/mol. The van der Waals surface area contributed by atoms with Crippen molar-refractivity contribution >= 4 is 23.7 Å². The van der Waals surface area contributed by atoms with Crippen molar-refractivity contribution in [3.63, 3.8) is 0 Å². The summed E-state index contributed by atoms with van der Waals surface area (Å²) in [5, 5.41) is 16.7. The Bertz CT molecular complexity index is 599. The van der Waals surface area contributed by atoms with Crippen LogP contribution in [0.2, 0.25) is 0 Å². The Morgan fingerprint density at radius 3 is 2.90 bits per heavy atom. The minimum atomic E-state index is -0.937. The molecule has 0 radical (unpaired) electrons. The van der Waals surface area contributed by atoms with E-state index < -0.39 is 5.97 Å². The van der Waals surface area contributed by atoms with Gasteiger partial charge >= 0.3 is 5.97 Å². The summed E-state index contributed by atoms with van der Waals surface area (Å²) in [4.78, 5) is 14.7. The van der Waals surface area contributed by atoms with Gasteiger partial charge in [0.1, 0.15) is 0 Å². The van der Waals surface area contributed by atoms with Gasteiger partial charge < -0.3 is 15.6 Å². The molecule has 8 nitrogen and oxygen atoms in total. The number of rotatable bonds is 6. The normalized spacial score (nSPS) is 10.4. The highest BCUT2D eigenvalue weighted by Gasteiger charge is 2.14. The summed E-state index contributed by atoms with van der Waals surface area (Å²) >= 11 is 1.04. The summed E-state index contributed by atoms with van der Waals surface area (Å²) in [7, 11) is 0. The summed E-state index contributed by atoms with van der Waals surface area (Å²) in [6.07, 6.45) is 1.57. The monoisotopic (exact) mass is 295 g/mol. The second-order valence-electron chi connectivity index (χ2n) is 3.65. The average Bonchev–Trinajstić information content (AvgIpc) is 2.79. The Balaban J connectivity index is 2.26. The van der Waals surface area contributed by atoms with Gasteiger partial charge in [0.05, 0.1) is 24.2 Å². The summed E-state index contributed by atoms with van der Waals surface area (Å²) < 4.78 is 6.79. The van der Waals surface area contributed by atoms with Gasteiger partial charge in [-0.05, 0) is 13.0 Å². The van der Waals surface area contributed by atoms with Gasteiger partial charge in [-0.25, -0.2) is 4.98 Å². The molecule has 0 aromatic carbocycles. The van der Waals surface area contributed by atoms with Crippen molar-refractivity contribution in [1.82, 2.24) is 19.7 Å². The average molecular weight is 295 g/mol. The first kappa shape index (κ1) is 14.1. The summed E-state index contributed by atoms with van der Waals surface area (Å²) in [6.45, 7) is 2.40. The largest absolute Gasteiger partial charge is 0.481 e. The molecular weight excluding hydrogens is 282 g/mol. The van der Waals surface area contributed by atoms with Crippen LogP contribution in [0.4, 0.5) is 5.95 Å². The Morgan fingerprint density at radius 1 is 1.50 bits per heavy atom. The van der Waals surface area contributed by atoms with Crippen LogP contribution in [0, 0.1) is 0 Å². The van der Waals surface area contributed by atoms with Crippen molar-refractivity contribution in [3.8, 4) is 11.6 Å². The molecule has 0 aliphatic carbocycles. The van der Waals surface area contributed by atoms with E-state index in [1.54, 1.807) is 18.3 Å². The number of carboxylic acid groups (broad SMARTS) is 1. The highest BCUT2D eigenvalue weighted by atomic mass is 32.2. The molecule has 0 bridgehead atoms. The van der Waals surface area contributed by atoms with Gasteiger partial charge in [0.2, 0.25) is 11.8 Å². The van der Waals surface area contributed by atoms with E-state index >= 15 is 0 Å². The molecule has 2 heterocycles. The number of nitrogen functional groups attached to an aromatic ring is 1. The number of pyridine rings is 1. The molecule has 0 aliphatic heterocycles. The number of thioether (sulfide) groups is 1. The molecule has 2 rings (SSSR count). The topological polar surface area (TPSA) is 116 Å². The van der Waals surface area contributed by atoms with Crippen molar-refractivity contribution in [2.75, 3.05) is 18.1 Å². The number of hydrogen-bond acceptors (Lipinski definition) is 7. The van der Waals surface area contributed by atoms with Crippen molar-refractivity contribution in [2.24, 2.45) is 0 Å². The number of aromatic nitrogens is 4. The van der Waals surface area contributed by atoms with Crippen molar-refractivity contribution in [1.29, 1.82) is 0 Å². The molecule has 20 heavy (non-hydrogen) atoms. The Kier molecular flexibility index (Phi) is 4.41. The zero-order valence-electron chi connectivity index (χ0n) is 10.7. The highest BCUT2D eigenvalue weighted by molar-refractivity contribution is 7.99. The van der Waals surface area contributed by atoms with Crippen LogP contribution >= 0.6 is 11.8 Å². The van der Waals surface area contributed by atoms with Gasteiger partial charge in [-0.2, -0.15) is 0 Å². The van der Waals surface area contributed by atoms with Gasteiger partial charge in [-0.1, -0.05) is 11.8 Å². The predicted octanol–water partition coefficient (Wildman–Crippen LogP) is 0.820. The van der Waals surface area contributed by atoms with Crippen LogP contribution in [0.1, 0.15) is 6.92 Å². The number of carbonyl (C=O) groups is 1. The standard InChI is InChI=1S/C11H13N5O3S/c1-2-19-8-4-3-7(5-13-8)16-10(12)14-15-11(16)20-6-9(17)18/h3-5H,2,6H2,1H3,(H2,12,14)(H,17,18). The van der Waals surface area contributed by atoms with E-state index in [4.69, 9.17) is 15.6 Å². The highest BCUT2D eigenvalue weighted by Crippen LogP contribution is 2.23. The summed E-state index contributed by atoms with van der Waals surface area (Å²) in [5.41, 5.74) is 6.39. The Morgan fingerprint density at radius 2 is 2.30 bits per heavy atom. The third-order valence-electron chi connectivity index (χ3n) is 2.25. The first-order chi connectivity index (χ1) is 9.61. The maximum absolute atomic E-state index is 10.6. The fraction of sp³-hybridized carbons (Fsp3) is 0.273. The lowest BCUT2D eigenvalue weighted by Crippen LogP contribution is -2.05. The quantitative estimate of drug-likeness (QED) is 0.752. The van der Waals surface area contributed by atoms with Gasteiger partial charge in [0.25, 0.3) is 0 Å².